The van der Waals surface area contributed by atoms with Gasteiger partial charge >= 0.3 is 0 Å². The highest BCUT2D eigenvalue weighted by molar-refractivity contribution is 5.83. The quantitative estimate of drug-likeness (QED) is 0.518. The minimum Gasteiger partial charge on any atom is -0.378 e. The van der Waals surface area contributed by atoms with Crippen LogP contribution in [0.1, 0.15) is 6.42 Å². The number of nitrogens with zero attached hydrogens (tertiary/aromatic N) is 2. The normalized spacial score (nSPS) is 24.7. The van der Waals surface area contributed by atoms with E-state index in [1.807, 2.05) is 0 Å². The second-order valence-corrected chi connectivity index (χ2v) is 2.79. The second-order valence-electron chi connectivity index (χ2n) is 2.79. The number of ether oxygens (including phenoxy) is 1. The van der Waals surface area contributed by atoms with Crippen LogP contribution in [0.4, 0.5) is 0 Å². The van der Waals surface area contributed by atoms with Crippen LogP contribution < -0.4 is 5.43 Å². The molecule has 0 aromatic heterocycles. The van der Waals surface area contributed by atoms with E-state index in [4.69, 9.17) is 4.74 Å². The van der Waals surface area contributed by atoms with Gasteiger partial charge < -0.3 is 15.1 Å². The molecular formula is C7H13N3O. The Morgan fingerprint density at radius 3 is 2.82 bits per heavy atom. The lowest BCUT2D eigenvalue weighted by molar-refractivity contribution is 0.0675. The van der Waals surface area contributed by atoms with Crippen molar-refractivity contribution >= 4 is 5.84 Å². The summed E-state index contributed by atoms with van der Waals surface area (Å²) in [5.74, 6) is 1.20. The van der Waals surface area contributed by atoms with Gasteiger partial charge in [-0.3, -0.25) is 0 Å². The first-order valence-corrected chi connectivity index (χ1v) is 4.09. The van der Waals surface area contributed by atoms with Crippen LogP contribution in [0.2, 0.25) is 0 Å². The monoisotopic (exact) mass is 155 g/mol. The molecule has 0 aromatic rings. The average molecular weight is 155 g/mol. The third-order valence-electron chi connectivity index (χ3n) is 2.04. The number of hydrazone groups is 1. The molecule has 0 aliphatic carbocycles. The van der Waals surface area contributed by atoms with Crippen LogP contribution in [-0.2, 0) is 4.74 Å². The largest absolute Gasteiger partial charge is 0.378 e. The first-order valence-electron chi connectivity index (χ1n) is 4.09. The Morgan fingerprint density at radius 1 is 1.36 bits per heavy atom. The molecule has 0 radical (unpaired) electrons. The summed E-state index contributed by atoms with van der Waals surface area (Å²) < 4.78 is 5.24. The summed E-state index contributed by atoms with van der Waals surface area (Å²) in [7, 11) is 0. The predicted octanol–water partition coefficient (Wildman–Crippen LogP) is -0.375. The van der Waals surface area contributed by atoms with Gasteiger partial charge in [0.15, 0.2) is 0 Å². The van der Waals surface area contributed by atoms with Crippen molar-refractivity contribution in [1.29, 1.82) is 0 Å². The first kappa shape index (κ1) is 6.91. The van der Waals surface area contributed by atoms with Crippen LogP contribution in [0.5, 0.6) is 0 Å². The van der Waals surface area contributed by atoms with Gasteiger partial charge in [0.2, 0.25) is 0 Å². The molecule has 4 heteroatoms. The maximum absolute atomic E-state index is 5.24. The summed E-state index contributed by atoms with van der Waals surface area (Å²) in [6.07, 6.45) is 1.07. The molecule has 1 N–H and O–H groups in total. The fourth-order valence-electron chi connectivity index (χ4n) is 1.42. The van der Waals surface area contributed by atoms with Crippen LogP contribution >= 0.6 is 0 Å². The molecular weight excluding hydrogens is 142 g/mol. The molecule has 0 atom stereocenters. The van der Waals surface area contributed by atoms with Crippen LogP contribution in [0, 0.1) is 0 Å². The van der Waals surface area contributed by atoms with Gasteiger partial charge in [0.1, 0.15) is 5.84 Å². The van der Waals surface area contributed by atoms with Gasteiger partial charge in [0.05, 0.1) is 13.2 Å². The average Bonchev–Trinajstić information content (AvgIpc) is 2.58. The number of hydrogen-bond donors (Lipinski definition) is 1. The zero-order valence-corrected chi connectivity index (χ0v) is 6.55. The van der Waals surface area contributed by atoms with Crippen molar-refractivity contribution in [1.82, 2.24) is 10.3 Å². The van der Waals surface area contributed by atoms with Crippen molar-refractivity contribution < 1.29 is 4.74 Å². The zero-order valence-electron chi connectivity index (χ0n) is 6.55. The van der Waals surface area contributed by atoms with Gasteiger partial charge in [-0.1, -0.05) is 0 Å². The van der Waals surface area contributed by atoms with Gasteiger partial charge in [-0.15, -0.1) is 0 Å². The molecule has 11 heavy (non-hydrogen) atoms. The number of morpholine rings is 1. The van der Waals surface area contributed by atoms with Gasteiger partial charge in [-0.25, -0.2) is 0 Å². The Bertz CT molecular complexity index is 163. The summed E-state index contributed by atoms with van der Waals surface area (Å²) in [6.45, 7) is 4.69. The summed E-state index contributed by atoms with van der Waals surface area (Å²) in [5, 5.41) is 4.20. The Labute approximate surface area is 66.2 Å². The third-order valence-corrected chi connectivity index (χ3v) is 2.04. The van der Waals surface area contributed by atoms with E-state index < -0.39 is 0 Å². The molecule has 2 heterocycles. The Morgan fingerprint density at radius 2 is 2.18 bits per heavy atom. The van der Waals surface area contributed by atoms with Crippen molar-refractivity contribution in [3.05, 3.63) is 0 Å². The van der Waals surface area contributed by atoms with E-state index in [9.17, 15) is 0 Å². The molecule has 0 amide bonds. The van der Waals surface area contributed by atoms with Crippen LogP contribution in [0.25, 0.3) is 0 Å². The SMILES string of the molecule is C1CC(N2CCOCC2)=NN1. The maximum Gasteiger partial charge on any atom is 0.126 e. The summed E-state index contributed by atoms with van der Waals surface area (Å²) in [4.78, 5) is 2.30. The standard InChI is InChI=1S/C7H13N3O/c1-2-8-9-7(1)10-3-5-11-6-4-10/h8H,1-6H2. The van der Waals surface area contributed by atoms with Crippen molar-refractivity contribution in [2.75, 3.05) is 32.8 Å². The maximum atomic E-state index is 5.24. The van der Waals surface area contributed by atoms with Crippen LogP contribution in [0.3, 0.4) is 0 Å². The van der Waals surface area contributed by atoms with E-state index in [1.165, 1.54) is 5.84 Å². The topological polar surface area (TPSA) is 36.9 Å². The minimum atomic E-state index is 0.846. The predicted molar refractivity (Wildman–Crippen MR) is 42.4 cm³/mol. The Balaban J connectivity index is 1.92. The third kappa shape index (κ3) is 1.45. The summed E-state index contributed by atoms with van der Waals surface area (Å²) >= 11 is 0. The molecule has 1 fully saturated rings. The smallest absolute Gasteiger partial charge is 0.126 e. The minimum absolute atomic E-state index is 0.846. The molecule has 4 nitrogen and oxygen atoms in total. The highest BCUT2D eigenvalue weighted by atomic mass is 16.5. The molecule has 2 rings (SSSR count). The van der Waals surface area contributed by atoms with E-state index in [0.29, 0.717) is 0 Å². The number of nitrogens with one attached hydrogen (secondary N) is 1. The van der Waals surface area contributed by atoms with E-state index in [0.717, 1.165) is 39.3 Å². The molecule has 0 bridgehead atoms. The lowest BCUT2D eigenvalue weighted by Crippen LogP contribution is -2.40. The fourth-order valence-corrected chi connectivity index (χ4v) is 1.42. The fraction of sp³-hybridized carbons (Fsp3) is 0.857. The van der Waals surface area contributed by atoms with Gasteiger partial charge in [0.25, 0.3) is 0 Å². The van der Waals surface area contributed by atoms with Crippen molar-refractivity contribution in [3.8, 4) is 0 Å². The van der Waals surface area contributed by atoms with Crippen molar-refractivity contribution in [2.45, 2.75) is 6.42 Å². The molecule has 0 spiro atoms. The highest BCUT2D eigenvalue weighted by Crippen LogP contribution is 2.03. The summed E-state index contributed by atoms with van der Waals surface area (Å²) in [5.41, 5.74) is 2.98. The Kier molecular flexibility index (Phi) is 1.94. The number of amidine groups is 1. The van der Waals surface area contributed by atoms with Gasteiger partial charge in [-0.05, 0) is 0 Å². The van der Waals surface area contributed by atoms with Gasteiger partial charge in [-0.2, -0.15) is 5.10 Å². The summed E-state index contributed by atoms with van der Waals surface area (Å²) in [6, 6.07) is 0. The lowest BCUT2D eigenvalue weighted by Gasteiger charge is -2.27. The van der Waals surface area contributed by atoms with Crippen LogP contribution in [0.15, 0.2) is 5.10 Å². The van der Waals surface area contributed by atoms with E-state index >= 15 is 0 Å². The van der Waals surface area contributed by atoms with E-state index in [1.54, 1.807) is 0 Å². The molecule has 2 aliphatic rings. The number of rotatable bonds is 0. The van der Waals surface area contributed by atoms with E-state index in [2.05, 4.69) is 15.4 Å². The molecule has 0 aromatic carbocycles. The second kappa shape index (κ2) is 3.09. The Hall–Kier alpha value is -0.770. The zero-order chi connectivity index (χ0) is 7.52. The van der Waals surface area contributed by atoms with Gasteiger partial charge in [0, 0.05) is 26.1 Å². The van der Waals surface area contributed by atoms with E-state index in [-0.39, 0.29) is 0 Å². The number of hydrogen-bond acceptors (Lipinski definition) is 4. The molecule has 0 unspecified atom stereocenters. The molecule has 0 saturated carbocycles. The van der Waals surface area contributed by atoms with Crippen molar-refractivity contribution in [2.24, 2.45) is 5.10 Å². The first-order chi connectivity index (χ1) is 5.47. The van der Waals surface area contributed by atoms with Crippen molar-refractivity contribution in [3.63, 3.8) is 0 Å². The molecule has 62 valence electrons. The highest BCUT2D eigenvalue weighted by Gasteiger charge is 2.16. The molecule has 2 aliphatic heterocycles. The lowest BCUT2D eigenvalue weighted by atomic mass is 10.3. The van der Waals surface area contributed by atoms with Crippen LogP contribution in [-0.4, -0.2) is 43.6 Å². The molecule has 1 saturated heterocycles.